The van der Waals surface area contributed by atoms with Crippen LogP contribution in [0.25, 0.3) is 22.3 Å². The van der Waals surface area contributed by atoms with Crippen LogP contribution in [0.1, 0.15) is 37.0 Å². The van der Waals surface area contributed by atoms with Crippen molar-refractivity contribution in [3.8, 4) is 11.3 Å². The molecule has 37 heavy (non-hydrogen) atoms. The molecule has 0 spiro atoms. The average molecular weight is 499 g/mol. The van der Waals surface area contributed by atoms with Gasteiger partial charge in [-0.15, -0.1) is 0 Å². The van der Waals surface area contributed by atoms with Gasteiger partial charge in [0.15, 0.2) is 5.82 Å². The summed E-state index contributed by atoms with van der Waals surface area (Å²) in [5, 5.41) is 0. The van der Waals surface area contributed by atoms with Crippen molar-refractivity contribution in [3.05, 3.63) is 72.8 Å². The Balaban J connectivity index is 1.45. The predicted molar refractivity (Wildman–Crippen MR) is 146 cm³/mol. The molecule has 2 aromatic carbocycles. The number of fused-ring (bicyclic) bond motifs is 1. The smallest absolute Gasteiger partial charge is 0.253 e. The minimum atomic E-state index is -0.236. The molecule has 1 fully saturated rings. The Morgan fingerprint density at radius 1 is 1.14 bits per heavy atom. The van der Waals surface area contributed by atoms with E-state index in [1.165, 1.54) is 0 Å². The second kappa shape index (κ2) is 10.7. The Bertz CT molecular complexity index is 1360. The molecule has 1 atom stereocenters. The molecule has 4 aromatic rings. The third-order valence-corrected chi connectivity index (χ3v) is 7.14. The fourth-order valence-electron chi connectivity index (χ4n) is 4.74. The molecule has 8 heteroatoms. The Labute approximate surface area is 217 Å². The fourth-order valence-corrected chi connectivity index (χ4v) is 4.74. The van der Waals surface area contributed by atoms with Gasteiger partial charge in [0.2, 0.25) is 0 Å². The molecule has 192 valence electrons. The molecule has 3 heterocycles. The number of amides is 1. The van der Waals surface area contributed by atoms with E-state index in [2.05, 4.69) is 35.9 Å². The maximum atomic E-state index is 13.2. The van der Waals surface area contributed by atoms with Crippen LogP contribution in [-0.4, -0.2) is 69.2 Å². The van der Waals surface area contributed by atoms with Crippen LogP contribution in [0.2, 0.25) is 0 Å². The summed E-state index contributed by atoms with van der Waals surface area (Å²) >= 11 is 0. The second-order valence-corrected chi connectivity index (χ2v) is 9.92. The zero-order chi connectivity index (χ0) is 25.8. The number of ether oxygens (including phenoxy) is 1. The molecule has 5 rings (SSSR count). The lowest BCUT2D eigenvalue weighted by molar-refractivity contribution is -0.0442. The van der Waals surface area contributed by atoms with Crippen molar-refractivity contribution >= 4 is 22.8 Å². The van der Waals surface area contributed by atoms with Crippen molar-refractivity contribution in [2.24, 2.45) is 0 Å². The monoisotopic (exact) mass is 498 g/mol. The third-order valence-electron chi connectivity index (χ3n) is 7.14. The molecule has 1 aliphatic heterocycles. The maximum absolute atomic E-state index is 13.2. The van der Waals surface area contributed by atoms with E-state index in [1.807, 2.05) is 54.2 Å². The molecular formula is C29H34N6O2. The topological polar surface area (TPSA) is 76.4 Å². The predicted octanol–water partition coefficient (Wildman–Crippen LogP) is 4.66. The molecular weight excluding hydrogens is 464 g/mol. The highest BCUT2D eigenvalue weighted by Gasteiger charge is 2.32. The van der Waals surface area contributed by atoms with Gasteiger partial charge in [-0.2, -0.15) is 0 Å². The third kappa shape index (κ3) is 5.49. The minimum Gasteiger partial charge on any atom is -0.372 e. The van der Waals surface area contributed by atoms with E-state index in [0.29, 0.717) is 18.7 Å². The lowest BCUT2D eigenvalue weighted by atomic mass is 10.0. The van der Waals surface area contributed by atoms with Crippen molar-refractivity contribution in [3.63, 3.8) is 0 Å². The number of carbonyl (C=O) groups excluding carboxylic acids is 1. The first kappa shape index (κ1) is 24.9. The molecule has 0 N–H and O–H groups in total. The van der Waals surface area contributed by atoms with Crippen LogP contribution in [0, 0.1) is 0 Å². The van der Waals surface area contributed by atoms with Gasteiger partial charge < -0.3 is 19.1 Å². The van der Waals surface area contributed by atoms with E-state index in [-0.39, 0.29) is 11.5 Å². The van der Waals surface area contributed by atoms with Gasteiger partial charge >= 0.3 is 0 Å². The molecule has 0 radical (unpaired) electrons. The summed E-state index contributed by atoms with van der Waals surface area (Å²) in [5.41, 5.74) is 3.75. The van der Waals surface area contributed by atoms with E-state index in [0.717, 1.165) is 60.6 Å². The number of rotatable bonds is 8. The first-order chi connectivity index (χ1) is 18.0. The molecule has 1 unspecified atom stereocenters. The SMILES string of the molecule is CCC1(C)CN(c2nc3cc(C(=O)N(C)CCCn4ccnc4)ccc3nc2-c2ccccc2)CCO1. The van der Waals surface area contributed by atoms with Gasteiger partial charge in [0.05, 0.1) is 29.6 Å². The van der Waals surface area contributed by atoms with Crippen LogP contribution in [0.5, 0.6) is 0 Å². The van der Waals surface area contributed by atoms with Crippen LogP contribution < -0.4 is 4.90 Å². The number of anilines is 1. The van der Waals surface area contributed by atoms with Gasteiger partial charge in [0.1, 0.15) is 5.69 Å². The highest BCUT2D eigenvalue weighted by Crippen LogP contribution is 2.33. The van der Waals surface area contributed by atoms with Gasteiger partial charge in [-0.25, -0.2) is 15.0 Å². The number of hydrogen-bond acceptors (Lipinski definition) is 6. The molecule has 1 amide bonds. The van der Waals surface area contributed by atoms with E-state index in [1.54, 1.807) is 17.4 Å². The molecule has 0 bridgehead atoms. The number of nitrogens with zero attached hydrogens (tertiary/aromatic N) is 6. The van der Waals surface area contributed by atoms with Crippen LogP contribution in [-0.2, 0) is 11.3 Å². The van der Waals surface area contributed by atoms with Gasteiger partial charge in [0.25, 0.3) is 5.91 Å². The minimum absolute atomic E-state index is 0.0204. The van der Waals surface area contributed by atoms with Gasteiger partial charge in [0, 0.05) is 56.7 Å². The van der Waals surface area contributed by atoms with Gasteiger partial charge in [-0.1, -0.05) is 37.3 Å². The van der Waals surface area contributed by atoms with Crippen LogP contribution >= 0.6 is 0 Å². The number of carbonyl (C=O) groups is 1. The Hall–Kier alpha value is -3.78. The number of aromatic nitrogens is 4. The molecule has 0 saturated carbocycles. The van der Waals surface area contributed by atoms with Crippen molar-refractivity contribution in [2.45, 2.75) is 38.8 Å². The lowest BCUT2D eigenvalue weighted by Crippen LogP contribution is -2.50. The first-order valence-electron chi connectivity index (χ1n) is 12.9. The average Bonchev–Trinajstić information content (AvgIpc) is 3.45. The van der Waals surface area contributed by atoms with Crippen molar-refractivity contribution in [1.82, 2.24) is 24.4 Å². The summed E-state index contributed by atoms with van der Waals surface area (Å²) in [6.45, 7) is 7.90. The van der Waals surface area contributed by atoms with Crippen molar-refractivity contribution in [1.29, 1.82) is 0 Å². The molecule has 1 aliphatic rings. The van der Waals surface area contributed by atoms with Crippen molar-refractivity contribution in [2.75, 3.05) is 38.2 Å². The lowest BCUT2D eigenvalue weighted by Gasteiger charge is -2.41. The maximum Gasteiger partial charge on any atom is 0.253 e. The largest absolute Gasteiger partial charge is 0.372 e. The summed E-state index contributed by atoms with van der Waals surface area (Å²) in [6.07, 6.45) is 7.26. The number of benzene rings is 2. The van der Waals surface area contributed by atoms with Crippen LogP contribution in [0.15, 0.2) is 67.3 Å². The summed E-state index contributed by atoms with van der Waals surface area (Å²) in [6, 6.07) is 15.8. The first-order valence-corrected chi connectivity index (χ1v) is 12.9. The number of hydrogen-bond donors (Lipinski definition) is 0. The summed E-state index contributed by atoms with van der Waals surface area (Å²) in [5.74, 6) is 0.813. The zero-order valence-corrected chi connectivity index (χ0v) is 21.8. The Morgan fingerprint density at radius 2 is 1.97 bits per heavy atom. The highest BCUT2D eigenvalue weighted by molar-refractivity contribution is 5.97. The Morgan fingerprint density at radius 3 is 2.73 bits per heavy atom. The molecule has 0 aliphatic carbocycles. The highest BCUT2D eigenvalue weighted by atomic mass is 16.5. The van der Waals surface area contributed by atoms with Gasteiger partial charge in [-0.05, 0) is 38.0 Å². The summed E-state index contributed by atoms with van der Waals surface area (Å²) < 4.78 is 8.11. The van der Waals surface area contributed by atoms with Crippen LogP contribution in [0.4, 0.5) is 5.82 Å². The number of morpholine rings is 1. The molecule has 8 nitrogen and oxygen atoms in total. The standard InChI is InChI=1S/C29H34N6O2/c1-4-29(2)20-35(17-18-37-29)27-26(22-9-6-5-7-10-22)31-24-12-11-23(19-25(24)32-27)28(36)33(3)14-8-15-34-16-13-30-21-34/h5-7,9-13,16,19,21H,4,8,14-15,17-18,20H2,1-3H3. The van der Waals surface area contributed by atoms with E-state index >= 15 is 0 Å². The zero-order valence-electron chi connectivity index (χ0n) is 21.8. The quantitative estimate of drug-likeness (QED) is 0.352. The molecule has 1 saturated heterocycles. The number of aryl methyl sites for hydroxylation is 1. The Kier molecular flexibility index (Phi) is 7.19. The van der Waals surface area contributed by atoms with Gasteiger partial charge in [-0.3, -0.25) is 4.79 Å². The van der Waals surface area contributed by atoms with E-state index in [9.17, 15) is 4.79 Å². The van der Waals surface area contributed by atoms with Crippen molar-refractivity contribution < 1.29 is 9.53 Å². The van der Waals surface area contributed by atoms with E-state index < -0.39 is 0 Å². The summed E-state index contributed by atoms with van der Waals surface area (Å²) in [7, 11) is 1.84. The summed E-state index contributed by atoms with van der Waals surface area (Å²) in [4.78, 5) is 31.5. The fraction of sp³-hybridized carbons (Fsp3) is 0.379. The van der Waals surface area contributed by atoms with E-state index in [4.69, 9.17) is 14.7 Å². The van der Waals surface area contributed by atoms with Crippen LogP contribution in [0.3, 0.4) is 0 Å². The second-order valence-electron chi connectivity index (χ2n) is 9.92. The number of imidazole rings is 1. The normalized spacial score (nSPS) is 17.8. The molecule has 2 aromatic heterocycles.